The van der Waals surface area contributed by atoms with Crippen molar-refractivity contribution < 1.29 is 14.3 Å². The van der Waals surface area contributed by atoms with Gasteiger partial charge in [0.15, 0.2) is 0 Å². The van der Waals surface area contributed by atoms with Crippen LogP contribution >= 0.6 is 0 Å². The number of amides is 1. The van der Waals surface area contributed by atoms with E-state index in [0.29, 0.717) is 13.1 Å². The molecular weight excluding hydrogens is 242 g/mol. The van der Waals surface area contributed by atoms with E-state index < -0.39 is 11.4 Å². The molecule has 0 N–H and O–H groups in total. The van der Waals surface area contributed by atoms with Crippen molar-refractivity contribution in [2.24, 2.45) is 5.41 Å². The molecule has 4 heteroatoms. The first-order valence-electron chi connectivity index (χ1n) is 6.35. The molecule has 1 aromatic rings. The minimum Gasteiger partial charge on any atom is -0.468 e. The van der Waals surface area contributed by atoms with Gasteiger partial charge in [-0.1, -0.05) is 30.3 Å². The molecule has 0 unspecified atom stereocenters. The van der Waals surface area contributed by atoms with E-state index in [-0.39, 0.29) is 5.91 Å². The zero-order valence-electron chi connectivity index (χ0n) is 12.0. The molecule has 0 aliphatic heterocycles. The molecule has 0 atom stereocenters. The van der Waals surface area contributed by atoms with Crippen LogP contribution in [-0.4, -0.2) is 30.4 Å². The van der Waals surface area contributed by atoms with Gasteiger partial charge in [-0.3, -0.25) is 9.59 Å². The lowest BCUT2D eigenvalue weighted by atomic mass is 9.91. The van der Waals surface area contributed by atoms with Crippen molar-refractivity contribution in [1.29, 1.82) is 0 Å². The summed E-state index contributed by atoms with van der Waals surface area (Å²) in [6.07, 6.45) is 0. The SMILES string of the molecule is CCN(Cc1ccccc1)C(=O)C(C)(C)C(=O)OC. The van der Waals surface area contributed by atoms with Crippen molar-refractivity contribution in [2.75, 3.05) is 13.7 Å². The van der Waals surface area contributed by atoms with Crippen LogP contribution in [0.3, 0.4) is 0 Å². The molecule has 0 spiro atoms. The van der Waals surface area contributed by atoms with Gasteiger partial charge in [0.2, 0.25) is 5.91 Å². The van der Waals surface area contributed by atoms with Gasteiger partial charge in [0.05, 0.1) is 7.11 Å². The van der Waals surface area contributed by atoms with Gasteiger partial charge in [-0.15, -0.1) is 0 Å². The van der Waals surface area contributed by atoms with E-state index >= 15 is 0 Å². The molecule has 104 valence electrons. The Morgan fingerprint density at radius 1 is 1.21 bits per heavy atom. The monoisotopic (exact) mass is 263 g/mol. The van der Waals surface area contributed by atoms with Gasteiger partial charge in [-0.25, -0.2) is 0 Å². The fourth-order valence-electron chi connectivity index (χ4n) is 1.87. The topological polar surface area (TPSA) is 46.6 Å². The molecule has 19 heavy (non-hydrogen) atoms. The Labute approximate surface area is 114 Å². The summed E-state index contributed by atoms with van der Waals surface area (Å²) < 4.78 is 4.69. The molecule has 0 aromatic heterocycles. The van der Waals surface area contributed by atoms with Crippen LogP contribution < -0.4 is 0 Å². The summed E-state index contributed by atoms with van der Waals surface area (Å²) in [6, 6.07) is 9.71. The Hall–Kier alpha value is -1.84. The molecule has 0 aliphatic rings. The molecule has 0 aliphatic carbocycles. The standard InChI is InChI=1S/C15H21NO3/c1-5-16(11-12-9-7-6-8-10-12)13(17)15(2,3)14(18)19-4/h6-10H,5,11H2,1-4H3. The van der Waals surface area contributed by atoms with Gasteiger partial charge in [-0.2, -0.15) is 0 Å². The van der Waals surface area contributed by atoms with Crippen LogP contribution in [0.25, 0.3) is 0 Å². The average molecular weight is 263 g/mol. The first-order valence-corrected chi connectivity index (χ1v) is 6.35. The van der Waals surface area contributed by atoms with E-state index in [4.69, 9.17) is 4.74 Å². The summed E-state index contributed by atoms with van der Waals surface area (Å²) >= 11 is 0. The highest BCUT2D eigenvalue weighted by Crippen LogP contribution is 2.22. The maximum atomic E-state index is 12.4. The van der Waals surface area contributed by atoms with Gasteiger partial charge in [-0.05, 0) is 26.3 Å². The van der Waals surface area contributed by atoms with E-state index in [1.807, 2.05) is 37.3 Å². The quantitative estimate of drug-likeness (QED) is 0.604. The smallest absolute Gasteiger partial charge is 0.320 e. The lowest BCUT2D eigenvalue weighted by Gasteiger charge is -2.29. The van der Waals surface area contributed by atoms with E-state index in [2.05, 4.69) is 0 Å². The summed E-state index contributed by atoms with van der Waals surface area (Å²) in [5.41, 5.74) is -0.113. The molecule has 0 saturated carbocycles. The van der Waals surface area contributed by atoms with Crippen LogP contribution in [0.15, 0.2) is 30.3 Å². The Kier molecular flexibility index (Phi) is 5.10. The predicted octanol–water partition coefficient (Wildman–Crippen LogP) is 2.23. The van der Waals surface area contributed by atoms with Gasteiger partial charge in [0.1, 0.15) is 5.41 Å². The second-order valence-corrected chi connectivity index (χ2v) is 4.92. The molecule has 0 fully saturated rings. The van der Waals surface area contributed by atoms with Crippen molar-refractivity contribution in [3.8, 4) is 0 Å². The molecule has 0 bridgehead atoms. The summed E-state index contributed by atoms with van der Waals surface area (Å²) in [6.45, 7) is 6.13. The molecule has 4 nitrogen and oxygen atoms in total. The highest BCUT2D eigenvalue weighted by atomic mass is 16.5. The first kappa shape index (κ1) is 15.2. The summed E-state index contributed by atoms with van der Waals surface area (Å²) in [4.78, 5) is 25.8. The zero-order valence-corrected chi connectivity index (χ0v) is 12.0. The number of hydrogen-bond donors (Lipinski definition) is 0. The largest absolute Gasteiger partial charge is 0.468 e. The van der Waals surface area contributed by atoms with Crippen LogP contribution in [0.1, 0.15) is 26.3 Å². The predicted molar refractivity (Wildman–Crippen MR) is 73.3 cm³/mol. The average Bonchev–Trinajstić information content (AvgIpc) is 2.44. The third-order valence-electron chi connectivity index (χ3n) is 3.12. The minimum absolute atomic E-state index is 0.217. The van der Waals surface area contributed by atoms with Crippen LogP contribution in [0.4, 0.5) is 0 Å². The van der Waals surface area contributed by atoms with Crippen molar-refractivity contribution in [1.82, 2.24) is 4.90 Å². The summed E-state index contributed by atoms with van der Waals surface area (Å²) in [7, 11) is 1.30. The van der Waals surface area contributed by atoms with Gasteiger partial charge >= 0.3 is 5.97 Å². The van der Waals surface area contributed by atoms with E-state index in [1.54, 1.807) is 18.7 Å². The Morgan fingerprint density at radius 2 is 1.79 bits per heavy atom. The fraction of sp³-hybridized carbons (Fsp3) is 0.467. The number of benzene rings is 1. The molecule has 1 rings (SSSR count). The fourth-order valence-corrected chi connectivity index (χ4v) is 1.87. The number of carbonyl (C=O) groups excluding carboxylic acids is 2. The van der Waals surface area contributed by atoms with Crippen molar-refractivity contribution >= 4 is 11.9 Å². The van der Waals surface area contributed by atoms with Crippen LogP contribution in [0, 0.1) is 5.41 Å². The normalized spacial score (nSPS) is 10.9. The number of hydrogen-bond acceptors (Lipinski definition) is 3. The van der Waals surface area contributed by atoms with Gasteiger partial charge < -0.3 is 9.64 Å². The first-order chi connectivity index (χ1) is 8.93. The van der Waals surface area contributed by atoms with Crippen LogP contribution in [-0.2, 0) is 20.9 Å². The second-order valence-electron chi connectivity index (χ2n) is 4.92. The zero-order chi connectivity index (χ0) is 14.5. The number of carbonyl (C=O) groups is 2. The maximum Gasteiger partial charge on any atom is 0.320 e. The lowest BCUT2D eigenvalue weighted by Crippen LogP contribution is -2.45. The number of esters is 1. The minimum atomic E-state index is -1.15. The van der Waals surface area contributed by atoms with Gasteiger partial charge in [0, 0.05) is 13.1 Å². The van der Waals surface area contributed by atoms with Crippen molar-refractivity contribution in [3.63, 3.8) is 0 Å². The Bertz CT molecular complexity index is 440. The van der Waals surface area contributed by atoms with Crippen LogP contribution in [0.5, 0.6) is 0 Å². The van der Waals surface area contributed by atoms with Crippen LogP contribution in [0.2, 0.25) is 0 Å². The number of rotatable bonds is 5. The highest BCUT2D eigenvalue weighted by molar-refractivity contribution is 6.01. The van der Waals surface area contributed by atoms with E-state index in [9.17, 15) is 9.59 Å². The third-order valence-corrected chi connectivity index (χ3v) is 3.12. The van der Waals surface area contributed by atoms with E-state index in [0.717, 1.165) is 5.56 Å². The molecule has 1 aromatic carbocycles. The molecule has 0 radical (unpaired) electrons. The highest BCUT2D eigenvalue weighted by Gasteiger charge is 2.39. The molecule has 0 heterocycles. The molecule has 1 amide bonds. The maximum absolute atomic E-state index is 12.4. The summed E-state index contributed by atoms with van der Waals surface area (Å²) in [5, 5.41) is 0. The van der Waals surface area contributed by atoms with Crippen molar-refractivity contribution in [3.05, 3.63) is 35.9 Å². The lowest BCUT2D eigenvalue weighted by molar-refractivity contribution is -0.161. The number of methoxy groups -OCH3 is 1. The third kappa shape index (κ3) is 3.56. The second kappa shape index (κ2) is 6.36. The number of ether oxygens (including phenoxy) is 1. The summed E-state index contributed by atoms with van der Waals surface area (Å²) in [5.74, 6) is -0.727. The Balaban J connectivity index is 2.86. The van der Waals surface area contributed by atoms with Gasteiger partial charge in [0.25, 0.3) is 0 Å². The Morgan fingerprint density at radius 3 is 2.26 bits per heavy atom. The van der Waals surface area contributed by atoms with Crippen molar-refractivity contribution in [2.45, 2.75) is 27.3 Å². The number of nitrogens with zero attached hydrogens (tertiary/aromatic N) is 1. The van der Waals surface area contributed by atoms with E-state index in [1.165, 1.54) is 7.11 Å². The molecule has 0 saturated heterocycles. The molecular formula is C15H21NO3.